The predicted octanol–water partition coefficient (Wildman–Crippen LogP) is 3.64. The van der Waals surface area contributed by atoms with Crippen molar-refractivity contribution in [3.05, 3.63) is 23.8 Å². The summed E-state index contributed by atoms with van der Waals surface area (Å²) in [7, 11) is 0. The predicted molar refractivity (Wildman–Crippen MR) is 123 cm³/mol. The van der Waals surface area contributed by atoms with Crippen LogP contribution in [0.15, 0.2) is 23.8 Å². The normalized spacial score (nSPS) is 45.1. The highest BCUT2D eigenvalue weighted by Gasteiger charge is 2.77. The molecule has 0 aromatic heterocycles. The van der Waals surface area contributed by atoms with Crippen molar-refractivity contribution in [2.75, 3.05) is 6.61 Å². The molecule has 188 valence electrons. The van der Waals surface area contributed by atoms with Crippen molar-refractivity contribution in [1.82, 2.24) is 0 Å². The molecule has 4 aliphatic carbocycles. The number of alkyl halides is 1. The minimum Gasteiger partial charge on any atom is -0.450 e. The summed E-state index contributed by atoms with van der Waals surface area (Å²) < 4.78 is 23.3. The third kappa shape index (κ3) is 3.08. The van der Waals surface area contributed by atoms with Gasteiger partial charge < -0.3 is 14.9 Å². The highest BCUT2D eigenvalue weighted by Crippen LogP contribution is 2.71. The largest absolute Gasteiger partial charge is 0.450 e. The topological polar surface area (TPSA) is 101 Å². The summed E-state index contributed by atoms with van der Waals surface area (Å²) in [6.07, 6.45) is 5.92. The minimum atomic E-state index is -2.03. The number of halogens is 1. The van der Waals surface area contributed by atoms with Crippen LogP contribution in [0.4, 0.5) is 4.39 Å². The number of hydrogen-bond acceptors (Lipinski definition) is 6. The van der Waals surface area contributed by atoms with Gasteiger partial charge in [-0.15, -0.1) is 0 Å². The Balaban J connectivity index is 1.80. The van der Waals surface area contributed by atoms with Gasteiger partial charge in [0.25, 0.3) is 0 Å². The van der Waals surface area contributed by atoms with Crippen molar-refractivity contribution in [3.8, 4) is 0 Å². The first kappa shape index (κ1) is 25.2. The van der Waals surface area contributed by atoms with Gasteiger partial charge in [-0.05, 0) is 57.1 Å². The van der Waals surface area contributed by atoms with E-state index in [4.69, 9.17) is 4.74 Å². The second kappa shape index (κ2) is 8.37. The molecule has 4 rings (SSSR count). The number of Topliss-reactive ketones (excluding diaryl/α,β-unsaturated/α-hetero) is 1. The number of unbranched alkanes of at least 4 members (excludes halogenated alkanes) is 1. The molecule has 6 nitrogen and oxygen atoms in total. The molecule has 0 amide bonds. The van der Waals surface area contributed by atoms with E-state index in [1.54, 1.807) is 13.0 Å². The third-order valence-corrected chi connectivity index (χ3v) is 9.75. The van der Waals surface area contributed by atoms with Gasteiger partial charge in [0.1, 0.15) is 6.61 Å². The quantitative estimate of drug-likeness (QED) is 0.568. The van der Waals surface area contributed by atoms with Crippen molar-refractivity contribution in [1.29, 1.82) is 0 Å². The van der Waals surface area contributed by atoms with E-state index in [2.05, 4.69) is 0 Å². The number of carbonyl (C=O) groups is 3. The van der Waals surface area contributed by atoms with Gasteiger partial charge in [-0.25, -0.2) is 4.39 Å². The smallest absolute Gasteiger partial charge is 0.306 e. The molecular formula is C27H37FO6. The fraction of sp³-hybridized carbons (Fsp3) is 0.741. The Labute approximate surface area is 200 Å². The molecule has 3 fully saturated rings. The standard InChI is InChI=1S/C27H37FO6/c1-5-6-7-23(33)34-27(22(32)15-29)16(2)12-20-19-9-8-17-13-18(30)10-11-24(17,3)26(19,28)21(31)14-25(20,27)4/h10-11,13,16,19-21,29,31H,5-9,12,14-15H2,1-4H3/t16-,19+,20+,21-,24-,25+,26+,27+/m0/s1. The van der Waals surface area contributed by atoms with Crippen LogP contribution in [0, 0.1) is 28.6 Å². The number of carbonyl (C=O) groups excluding carboxylic acids is 3. The van der Waals surface area contributed by atoms with Gasteiger partial charge in [-0.2, -0.15) is 0 Å². The van der Waals surface area contributed by atoms with Crippen molar-refractivity contribution in [2.45, 2.75) is 90.0 Å². The van der Waals surface area contributed by atoms with Crippen LogP contribution in [0.25, 0.3) is 0 Å². The zero-order chi connectivity index (χ0) is 25.1. The van der Waals surface area contributed by atoms with E-state index in [0.29, 0.717) is 31.3 Å². The summed E-state index contributed by atoms with van der Waals surface area (Å²) in [6, 6.07) is 0. The summed E-state index contributed by atoms with van der Waals surface area (Å²) in [6.45, 7) is 6.55. The van der Waals surface area contributed by atoms with Gasteiger partial charge >= 0.3 is 5.97 Å². The number of ketones is 2. The van der Waals surface area contributed by atoms with E-state index >= 15 is 4.39 Å². The van der Waals surface area contributed by atoms with Crippen LogP contribution < -0.4 is 0 Å². The molecule has 2 N–H and O–H groups in total. The maximum atomic E-state index is 17.3. The number of hydrogen-bond donors (Lipinski definition) is 2. The summed E-state index contributed by atoms with van der Waals surface area (Å²) in [5.74, 6) is -2.62. The molecule has 0 unspecified atom stereocenters. The van der Waals surface area contributed by atoms with E-state index in [1.165, 1.54) is 12.2 Å². The lowest BCUT2D eigenvalue weighted by Gasteiger charge is -2.62. The second-order valence-corrected chi connectivity index (χ2v) is 11.3. The van der Waals surface area contributed by atoms with Crippen molar-refractivity contribution >= 4 is 17.5 Å². The van der Waals surface area contributed by atoms with Gasteiger partial charge in [-0.3, -0.25) is 14.4 Å². The average molecular weight is 477 g/mol. The minimum absolute atomic E-state index is 0.0769. The Morgan fingerprint density at radius 2 is 1.97 bits per heavy atom. The Morgan fingerprint density at radius 1 is 1.26 bits per heavy atom. The van der Waals surface area contributed by atoms with Gasteiger partial charge in [0.15, 0.2) is 17.1 Å². The molecular weight excluding hydrogens is 439 g/mol. The van der Waals surface area contributed by atoms with E-state index in [1.807, 2.05) is 20.8 Å². The lowest BCUT2D eigenvalue weighted by atomic mass is 9.44. The molecule has 0 heterocycles. The molecule has 0 aromatic carbocycles. The lowest BCUT2D eigenvalue weighted by molar-refractivity contribution is -0.228. The summed E-state index contributed by atoms with van der Waals surface area (Å²) in [4.78, 5) is 38.1. The fourth-order valence-corrected chi connectivity index (χ4v) is 8.07. The van der Waals surface area contributed by atoms with E-state index in [9.17, 15) is 24.6 Å². The maximum Gasteiger partial charge on any atom is 0.306 e. The molecule has 0 bridgehead atoms. The van der Waals surface area contributed by atoms with E-state index < -0.39 is 58.4 Å². The Morgan fingerprint density at radius 3 is 2.62 bits per heavy atom. The summed E-state index contributed by atoms with van der Waals surface area (Å²) in [5, 5.41) is 21.4. The fourth-order valence-electron chi connectivity index (χ4n) is 8.07. The number of aliphatic hydroxyl groups is 2. The van der Waals surface area contributed by atoms with E-state index in [-0.39, 0.29) is 24.5 Å². The van der Waals surface area contributed by atoms with Gasteiger partial charge in [0, 0.05) is 29.1 Å². The first-order valence-corrected chi connectivity index (χ1v) is 12.6. The average Bonchev–Trinajstić information content (AvgIpc) is 3.00. The molecule has 0 aliphatic heterocycles. The number of fused-ring (bicyclic) bond motifs is 5. The number of rotatable bonds is 6. The van der Waals surface area contributed by atoms with Crippen LogP contribution in [-0.4, -0.2) is 51.7 Å². The lowest BCUT2D eigenvalue weighted by Crippen LogP contribution is -2.70. The van der Waals surface area contributed by atoms with Crippen LogP contribution >= 0.6 is 0 Å². The first-order chi connectivity index (χ1) is 15.9. The molecule has 4 aliphatic rings. The molecule has 0 radical (unpaired) electrons. The second-order valence-electron chi connectivity index (χ2n) is 11.3. The number of esters is 1. The Hall–Kier alpha value is -1.86. The summed E-state index contributed by atoms with van der Waals surface area (Å²) in [5.41, 5.74) is -5.11. The molecule has 0 aromatic rings. The zero-order valence-corrected chi connectivity index (χ0v) is 20.6. The molecule has 3 saturated carbocycles. The van der Waals surface area contributed by atoms with E-state index in [0.717, 1.165) is 6.42 Å². The SMILES string of the molecule is CCCCC(=O)O[C@@]1(C(=O)CO)[C@@H](C)C[C@@H]2[C@H]3CCC4=CC(=O)C=C[C@]4(C)[C@]3(F)[C@@H](O)C[C@]21C. The maximum absolute atomic E-state index is 17.3. The van der Waals surface area contributed by atoms with Gasteiger partial charge in [0.2, 0.25) is 5.78 Å². The molecule has 0 saturated heterocycles. The Kier molecular flexibility index (Phi) is 6.21. The van der Waals surface area contributed by atoms with Crippen molar-refractivity contribution in [2.24, 2.45) is 28.6 Å². The zero-order valence-electron chi connectivity index (χ0n) is 20.6. The van der Waals surface area contributed by atoms with Crippen LogP contribution in [0.2, 0.25) is 0 Å². The van der Waals surface area contributed by atoms with Crippen molar-refractivity contribution < 1.29 is 33.7 Å². The number of allylic oxidation sites excluding steroid dienone is 4. The van der Waals surface area contributed by atoms with Gasteiger partial charge in [0.05, 0.1) is 6.10 Å². The molecule has 7 heteroatoms. The molecule has 8 atom stereocenters. The molecule has 0 spiro atoms. The van der Waals surface area contributed by atoms with Gasteiger partial charge in [-0.1, -0.05) is 38.8 Å². The van der Waals surface area contributed by atoms with Crippen LogP contribution in [0.5, 0.6) is 0 Å². The van der Waals surface area contributed by atoms with Crippen LogP contribution in [0.1, 0.15) is 72.6 Å². The van der Waals surface area contributed by atoms with Crippen LogP contribution in [0.3, 0.4) is 0 Å². The summed E-state index contributed by atoms with van der Waals surface area (Å²) >= 11 is 0. The molecule has 34 heavy (non-hydrogen) atoms. The van der Waals surface area contributed by atoms with Crippen LogP contribution in [-0.2, 0) is 19.1 Å². The monoisotopic (exact) mass is 476 g/mol. The third-order valence-electron chi connectivity index (χ3n) is 9.75. The first-order valence-electron chi connectivity index (χ1n) is 12.6. The highest BCUT2D eigenvalue weighted by atomic mass is 19.1. The van der Waals surface area contributed by atoms with Crippen molar-refractivity contribution in [3.63, 3.8) is 0 Å². The highest BCUT2D eigenvalue weighted by molar-refractivity contribution is 6.01. The Bertz CT molecular complexity index is 957. The number of aliphatic hydroxyl groups excluding tert-OH is 2. The number of ether oxygens (including phenoxy) is 1.